The van der Waals surface area contributed by atoms with Crippen molar-refractivity contribution in [2.75, 3.05) is 6.61 Å². The fourth-order valence-corrected chi connectivity index (χ4v) is 1.32. The summed E-state index contributed by atoms with van der Waals surface area (Å²) < 4.78 is 4.36. The van der Waals surface area contributed by atoms with Crippen molar-refractivity contribution in [1.82, 2.24) is 0 Å². The zero-order valence-electron chi connectivity index (χ0n) is 8.48. The van der Waals surface area contributed by atoms with Gasteiger partial charge in [-0.3, -0.25) is 0 Å². The van der Waals surface area contributed by atoms with E-state index in [-0.39, 0.29) is 29.6 Å². The Bertz CT molecular complexity index is 259. The molecule has 0 aromatic heterocycles. The average Bonchev–Trinajstić information content (AvgIpc) is 2.20. The Labute approximate surface area is 112 Å². The van der Waals surface area contributed by atoms with E-state index in [1.54, 1.807) is 0 Å². The van der Waals surface area contributed by atoms with E-state index in [1.807, 2.05) is 0 Å². The van der Waals surface area contributed by atoms with Gasteiger partial charge >= 0.3 is 29.6 Å². The van der Waals surface area contributed by atoms with Crippen LogP contribution in [0.25, 0.3) is 0 Å². The van der Waals surface area contributed by atoms with Gasteiger partial charge in [-0.1, -0.05) is 0 Å². The molecule has 0 aromatic carbocycles. The number of carbonyl (C=O) groups excluding carboxylic acids is 1. The number of rotatable bonds is 2. The van der Waals surface area contributed by atoms with Crippen molar-refractivity contribution in [3.05, 3.63) is 0 Å². The third kappa shape index (κ3) is 2.55. The van der Waals surface area contributed by atoms with Gasteiger partial charge in [0, 0.05) is 0 Å². The molecule has 0 spiro atoms. The molecule has 0 bridgehead atoms. The molecule has 5 atom stereocenters. The van der Waals surface area contributed by atoms with Crippen molar-refractivity contribution < 1.29 is 69.7 Å². The average molecular weight is 246 g/mol. The zero-order chi connectivity index (χ0) is 11.8. The van der Waals surface area contributed by atoms with Crippen LogP contribution in [0.1, 0.15) is 0 Å². The smallest absolute Gasteiger partial charge is 0.544 e. The number of ether oxygens (including phenoxy) is 1. The van der Waals surface area contributed by atoms with Crippen LogP contribution in [0.3, 0.4) is 0 Å². The Hall–Kier alpha value is 0.230. The van der Waals surface area contributed by atoms with Crippen molar-refractivity contribution >= 4 is 5.97 Å². The third-order valence-electron chi connectivity index (χ3n) is 2.26. The van der Waals surface area contributed by atoms with Crippen LogP contribution in [-0.4, -0.2) is 68.3 Å². The summed E-state index contributed by atoms with van der Waals surface area (Å²) in [5.41, 5.74) is 0. The monoisotopic (exact) mass is 246 g/mol. The van der Waals surface area contributed by atoms with Gasteiger partial charge in [0.2, 0.25) is 5.79 Å². The molecule has 1 saturated heterocycles. The quantitative estimate of drug-likeness (QED) is 0.301. The summed E-state index contributed by atoms with van der Waals surface area (Å²) in [6, 6.07) is 0. The Balaban J connectivity index is 0.00000225. The predicted molar refractivity (Wildman–Crippen MR) is 39.9 cm³/mol. The molecule has 5 N–H and O–H groups in total. The maximum absolute atomic E-state index is 10.5. The molecule has 1 unspecified atom stereocenters. The number of hydrogen-bond acceptors (Lipinski definition) is 8. The first-order valence-electron chi connectivity index (χ1n) is 4.11. The summed E-state index contributed by atoms with van der Waals surface area (Å²) in [6.45, 7) is -0.833. The minimum atomic E-state index is -3.15. The van der Waals surface area contributed by atoms with E-state index in [4.69, 9.17) is 10.2 Å². The number of aliphatic carboxylic acids is 1. The molecule has 0 amide bonds. The van der Waals surface area contributed by atoms with Crippen LogP contribution in [0.5, 0.6) is 0 Å². The summed E-state index contributed by atoms with van der Waals surface area (Å²) >= 11 is 0. The second-order valence-corrected chi connectivity index (χ2v) is 3.25. The molecular weight excluding hydrogens is 235 g/mol. The molecule has 0 aliphatic carbocycles. The molecule has 1 rings (SSSR count). The van der Waals surface area contributed by atoms with Crippen LogP contribution in [0.2, 0.25) is 0 Å². The van der Waals surface area contributed by atoms with Crippen molar-refractivity contribution in [1.29, 1.82) is 0 Å². The summed E-state index contributed by atoms with van der Waals surface area (Å²) in [6.07, 6.45) is -7.45. The number of aliphatic hydroxyl groups is 5. The van der Waals surface area contributed by atoms with Gasteiger partial charge in [0.05, 0.1) is 6.61 Å². The minimum Gasteiger partial charge on any atom is -0.544 e. The summed E-state index contributed by atoms with van der Waals surface area (Å²) in [4.78, 5) is 10.5. The molecule has 16 heavy (non-hydrogen) atoms. The second-order valence-electron chi connectivity index (χ2n) is 3.25. The standard InChI is InChI=1S/C7H12O8.Na/c8-1-2-3(9)4(10)5(11)7(14,15-2)6(12)13;/h2-5,8-11,14H,1H2,(H,12,13);/q;+1/p-1/t2-,3-,4+,5-,7?;/m1./s1. The normalized spacial score (nSPS) is 43.6. The number of aliphatic hydroxyl groups excluding tert-OH is 4. The summed E-state index contributed by atoms with van der Waals surface area (Å²) in [7, 11) is 0. The van der Waals surface area contributed by atoms with E-state index in [0.29, 0.717) is 0 Å². The predicted octanol–water partition coefficient (Wildman–Crippen LogP) is -8.10. The van der Waals surface area contributed by atoms with Gasteiger partial charge in [-0.05, 0) is 0 Å². The fourth-order valence-electron chi connectivity index (χ4n) is 1.32. The first-order valence-corrected chi connectivity index (χ1v) is 4.11. The van der Waals surface area contributed by atoms with E-state index in [9.17, 15) is 25.2 Å². The van der Waals surface area contributed by atoms with Crippen molar-refractivity contribution in [3.8, 4) is 0 Å². The summed E-state index contributed by atoms with van der Waals surface area (Å²) in [5, 5.41) is 56.0. The molecule has 1 aliphatic heterocycles. The van der Waals surface area contributed by atoms with Gasteiger partial charge in [-0.2, -0.15) is 0 Å². The Morgan fingerprint density at radius 1 is 1.31 bits per heavy atom. The molecule has 0 aromatic rings. The van der Waals surface area contributed by atoms with Gasteiger partial charge in [0.1, 0.15) is 30.4 Å². The van der Waals surface area contributed by atoms with E-state index in [2.05, 4.69) is 4.74 Å². The van der Waals surface area contributed by atoms with Crippen molar-refractivity contribution in [2.45, 2.75) is 30.2 Å². The Kier molecular flexibility index (Phi) is 5.80. The fraction of sp³-hybridized carbons (Fsp3) is 0.857. The first kappa shape index (κ1) is 16.2. The Morgan fingerprint density at radius 2 is 1.81 bits per heavy atom. The molecule has 88 valence electrons. The number of carboxylic acids is 1. The second kappa shape index (κ2) is 5.71. The van der Waals surface area contributed by atoms with Gasteiger partial charge < -0.3 is 40.2 Å². The first-order chi connectivity index (χ1) is 6.84. The zero-order valence-corrected chi connectivity index (χ0v) is 10.5. The largest absolute Gasteiger partial charge is 1.00 e. The van der Waals surface area contributed by atoms with E-state index < -0.39 is 42.8 Å². The summed E-state index contributed by atoms with van der Waals surface area (Å²) in [5.74, 6) is -5.31. The molecular formula is C7H11NaO8. The maximum atomic E-state index is 10.5. The van der Waals surface area contributed by atoms with Crippen LogP contribution in [-0.2, 0) is 9.53 Å². The molecule has 1 heterocycles. The van der Waals surface area contributed by atoms with Crippen LogP contribution in [0.4, 0.5) is 0 Å². The topological polar surface area (TPSA) is 151 Å². The van der Waals surface area contributed by atoms with Gasteiger partial charge in [-0.15, -0.1) is 0 Å². The van der Waals surface area contributed by atoms with Crippen molar-refractivity contribution in [2.24, 2.45) is 0 Å². The minimum absolute atomic E-state index is 0. The number of hydrogen-bond donors (Lipinski definition) is 5. The van der Waals surface area contributed by atoms with E-state index in [1.165, 1.54) is 0 Å². The molecule has 1 aliphatic rings. The van der Waals surface area contributed by atoms with E-state index in [0.717, 1.165) is 0 Å². The number of carbonyl (C=O) groups is 1. The van der Waals surface area contributed by atoms with Crippen molar-refractivity contribution in [3.63, 3.8) is 0 Å². The maximum Gasteiger partial charge on any atom is 1.00 e. The van der Waals surface area contributed by atoms with E-state index >= 15 is 0 Å². The van der Waals surface area contributed by atoms with Crippen LogP contribution >= 0.6 is 0 Å². The van der Waals surface area contributed by atoms with Gasteiger partial charge in [0.15, 0.2) is 0 Å². The number of carboxylic acid groups (broad SMARTS) is 1. The third-order valence-corrected chi connectivity index (χ3v) is 2.26. The SMILES string of the molecule is O=C([O-])C1(O)O[C@H](CO)[C@@H](O)[C@H](O)[C@H]1O.[Na+]. The molecule has 1 fully saturated rings. The van der Waals surface area contributed by atoms with Crippen LogP contribution < -0.4 is 34.7 Å². The van der Waals surface area contributed by atoms with Crippen LogP contribution in [0, 0.1) is 0 Å². The van der Waals surface area contributed by atoms with Gasteiger partial charge in [0.25, 0.3) is 0 Å². The Morgan fingerprint density at radius 3 is 2.19 bits per heavy atom. The molecule has 0 saturated carbocycles. The molecule has 9 heteroatoms. The molecule has 8 nitrogen and oxygen atoms in total. The molecule has 0 radical (unpaired) electrons. The van der Waals surface area contributed by atoms with Crippen LogP contribution in [0.15, 0.2) is 0 Å². The van der Waals surface area contributed by atoms with Gasteiger partial charge in [-0.25, -0.2) is 0 Å².